The summed E-state index contributed by atoms with van der Waals surface area (Å²) in [4.78, 5) is 2.57. The maximum Gasteiger partial charge on any atom is 0.0221 e. The number of likely N-dealkylation sites (tertiary alicyclic amines) is 1. The Morgan fingerprint density at radius 3 is 2.46 bits per heavy atom. The van der Waals surface area contributed by atoms with Crippen molar-refractivity contribution in [3.05, 3.63) is 0 Å². The van der Waals surface area contributed by atoms with Crippen LogP contribution in [0.3, 0.4) is 0 Å². The molecule has 0 aromatic heterocycles. The fourth-order valence-electron chi connectivity index (χ4n) is 2.16. The molecule has 0 amide bonds. The predicted molar refractivity (Wildman–Crippen MR) is 57.7 cm³/mol. The molecule has 0 radical (unpaired) electrons. The van der Waals surface area contributed by atoms with Crippen LogP contribution in [0.4, 0.5) is 0 Å². The molecule has 1 aliphatic rings. The van der Waals surface area contributed by atoms with Crippen molar-refractivity contribution in [3.8, 4) is 0 Å². The highest BCUT2D eigenvalue weighted by Gasteiger charge is 2.29. The molecule has 13 heavy (non-hydrogen) atoms. The van der Waals surface area contributed by atoms with Gasteiger partial charge in [-0.15, -0.1) is 0 Å². The lowest BCUT2D eigenvalue weighted by molar-refractivity contribution is 0.0753. The van der Waals surface area contributed by atoms with Gasteiger partial charge in [0, 0.05) is 18.1 Å². The highest BCUT2D eigenvalue weighted by atomic mass is 15.2. The Morgan fingerprint density at radius 2 is 1.92 bits per heavy atom. The van der Waals surface area contributed by atoms with Crippen LogP contribution in [0.25, 0.3) is 0 Å². The van der Waals surface area contributed by atoms with Gasteiger partial charge in [0.05, 0.1) is 0 Å². The summed E-state index contributed by atoms with van der Waals surface area (Å²) >= 11 is 0. The fourth-order valence-corrected chi connectivity index (χ4v) is 2.16. The van der Waals surface area contributed by atoms with Crippen LogP contribution in [0, 0.1) is 5.92 Å². The summed E-state index contributed by atoms with van der Waals surface area (Å²) in [6.07, 6.45) is 2.46. The topological polar surface area (TPSA) is 29.3 Å². The van der Waals surface area contributed by atoms with Crippen LogP contribution in [0.5, 0.6) is 0 Å². The van der Waals surface area contributed by atoms with E-state index in [2.05, 4.69) is 32.6 Å². The maximum absolute atomic E-state index is 6.06. The summed E-state index contributed by atoms with van der Waals surface area (Å²) < 4.78 is 0. The third kappa shape index (κ3) is 2.44. The molecule has 0 spiro atoms. The zero-order chi connectivity index (χ0) is 10.0. The zero-order valence-corrected chi connectivity index (χ0v) is 9.46. The lowest BCUT2D eigenvalue weighted by Crippen LogP contribution is -2.54. The summed E-state index contributed by atoms with van der Waals surface area (Å²) in [5.74, 6) is 0.729. The highest BCUT2D eigenvalue weighted by Crippen LogP contribution is 2.21. The molecule has 2 heteroatoms. The molecule has 0 aromatic rings. The molecule has 1 fully saturated rings. The molecule has 1 heterocycles. The van der Waals surface area contributed by atoms with Crippen LogP contribution in [0.15, 0.2) is 0 Å². The summed E-state index contributed by atoms with van der Waals surface area (Å²) in [5.41, 5.74) is 6.06. The molecule has 0 aliphatic carbocycles. The van der Waals surface area contributed by atoms with Gasteiger partial charge >= 0.3 is 0 Å². The van der Waals surface area contributed by atoms with E-state index in [0.29, 0.717) is 18.1 Å². The molecular weight excluding hydrogens is 160 g/mol. The first-order valence-corrected chi connectivity index (χ1v) is 5.55. The van der Waals surface area contributed by atoms with Gasteiger partial charge in [0.2, 0.25) is 0 Å². The van der Waals surface area contributed by atoms with Crippen molar-refractivity contribution in [2.75, 3.05) is 6.54 Å². The van der Waals surface area contributed by atoms with Crippen LogP contribution in [-0.2, 0) is 0 Å². The minimum atomic E-state index is 0.384. The monoisotopic (exact) mass is 184 g/mol. The Kier molecular flexibility index (Phi) is 3.74. The molecule has 2 nitrogen and oxygen atoms in total. The third-order valence-corrected chi connectivity index (χ3v) is 3.58. The minimum Gasteiger partial charge on any atom is -0.326 e. The van der Waals surface area contributed by atoms with E-state index < -0.39 is 0 Å². The first-order chi connectivity index (χ1) is 6.04. The van der Waals surface area contributed by atoms with Crippen LogP contribution < -0.4 is 5.73 Å². The van der Waals surface area contributed by atoms with Gasteiger partial charge < -0.3 is 5.73 Å². The molecule has 1 aliphatic heterocycles. The quantitative estimate of drug-likeness (QED) is 0.709. The van der Waals surface area contributed by atoms with E-state index in [1.165, 1.54) is 19.4 Å². The number of rotatable bonds is 2. The first kappa shape index (κ1) is 11.0. The Labute approximate surface area is 82.5 Å². The Morgan fingerprint density at radius 1 is 1.31 bits per heavy atom. The average molecular weight is 184 g/mol. The van der Waals surface area contributed by atoms with Gasteiger partial charge in [-0.05, 0) is 39.2 Å². The van der Waals surface area contributed by atoms with Gasteiger partial charge in [-0.2, -0.15) is 0 Å². The minimum absolute atomic E-state index is 0.384. The Balaban J connectivity index is 2.57. The molecular formula is C11H24N2. The number of nitrogens with zero attached hydrogens (tertiary/aromatic N) is 1. The van der Waals surface area contributed by atoms with Crippen LogP contribution in [0.2, 0.25) is 0 Å². The van der Waals surface area contributed by atoms with Crippen LogP contribution >= 0.6 is 0 Å². The zero-order valence-electron chi connectivity index (χ0n) is 9.46. The van der Waals surface area contributed by atoms with Crippen LogP contribution in [-0.4, -0.2) is 29.6 Å². The molecule has 3 atom stereocenters. The van der Waals surface area contributed by atoms with Crippen molar-refractivity contribution in [2.24, 2.45) is 11.7 Å². The molecule has 0 bridgehead atoms. The number of piperidine rings is 1. The average Bonchev–Trinajstić information content (AvgIpc) is 2.08. The lowest BCUT2D eigenvalue weighted by atomic mass is 9.93. The van der Waals surface area contributed by atoms with Crippen molar-refractivity contribution < 1.29 is 0 Å². The van der Waals surface area contributed by atoms with E-state index in [4.69, 9.17) is 5.73 Å². The second-order valence-corrected chi connectivity index (χ2v) is 4.77. The van der Waals surface area contributed by atoms with Crippen molar-refractivity contribution in [3.63, 3.8) is 0 Å². The van der Waals surface area contributed by atoms with Crippen molar-refractivity contribution in [1.82, 2.24) is 4.90 Å². The molecule has 2 N–H and O–H groups in total. The summed E-state index contributed by atoms with van der Waals surface area (Å²) in [5, 5.41) is 0. The molecule has 1 saturated heterocycles. The van der Waals surface area contributed by atoms with Gasteiger partial charge in [-0.1, -0.05) is 13.8 Å². The Hall–Kier alpha value is -0.0800. The molecule has 3 unspecified atom stereocenters. The van der Waals surface area contributed by atoms with Crippen molar-refractivity contribution in [2.45, 2.75) is 58.7 Å². The number of nitrogens with two attached hydrogens (primary N) is 1. The van der Waals surface area contributed by atoms with Gasteiger partial charge in [0.15, 0.2) is 0 Å². The van der Waals surface area contributed by atoms with Gasteiger partial charge in [-0.25, -0.2) is 0 Å². The Bertz CT molecular complexity index is 152. The molecule has 0 saturated carbocycles. The SMILES string of the molecule is CC(C)C(C)N1CCCC(N)C1C. The summed E-state index contributed by atoms with van der Waals surface area (Å²) in [7, 11) is 0. The summed E-state index contributed by atoms with van der Waals surface area (Å²) in [6, 6.07) is 1.61. The second kappa shape index (κ2) is 4.43. The normalized spacial score (nSPS) is 33.7. The highest BCUT2D eigenvalue weighted by molar-refractivity contribution is 4.87. The molecule has 0 aromatic carbocycles. The molecule has 1 rings (SSSR count). The summed E-state index contributed by atoms with van der Waals surface area (Å²) in [6.45, 7) is 10.4. The van der Waals surface area contributed by atoms with E-state index in [1.807, 2.05) is 0 Å². The third-order valence-electron chi connectivity index (χ3n) is 3.58. The number of hydrogen-bond donors (Lipinski definition) is 1. The standard InChI is InChI=1S/C11H24N2/c1-8(2)9(3)13-7-5-6-11(12)10(13)4/h8-11H,5-7,12H2,1-4H3. The van der Waals surface area contributed by atoms with E-state index in [0.717, 1.165) is 5.92 Å². The molecule has 78 valence electrons. The predicted octanol–water partition coefficient (Wildman–Crippen LogP) is 1.84. The first-order valence-electron chi connectivity index (χ1n) is 5.55. The van der Waals surface area contributed by atoms with E-state index >= 15 is 0 Å². The van der Waals surface area contributed by atoms with Crippen LogP contribution in [0.1, 0.15) is 40.5 Å². The smallest absolute Gasteiger partial charge is 0.0221 e. The fraction of sp³-hybridized carbons (Fsp3) is 1.00. The van der Waals surface area contributed by atoms with Gasteiger partial charge in [0.1, 0.15) is 0 Å². The van der Waals surface area contributed by atoms with Crippen molar-refractivity contribution >= 4 is 0 Å². The largest absolute Gasteiger partial charge is 0.326 e. The van der Waals surface area contributed by atoms with Crippen molar-refractivity contribution in [1.29, 1.82) is 0 Å². The second-order valence-electron chi connectivity index (χ2n) is 4.77. The van der Waals surface area contributed by atoms with E-state index in [-0.39, 0.29) is 0 Å². The van der Waals surface area contributed by atoms with Gasteiger partial charge in [0.25, 0.3) is 0 Å². The number of hydrogen-bond acceptors (Lipinski definition) is 2. The van der Waals surface area contributed by atoms with Gasteiger partial charge in [-0.3, -0.25) is 4.90 Å². The maximum atomic E-state index is 6.06. The lowest BCUT2D eigenvalue weighted by Gasteiger charge is -2.43. The van der Waals surface area contributed by atoms with E-state index in [9.17, 15) is 0 Å². The van der Waals surface area contributed by atoms with E-state index in [1.54, 1.807) is 0 Å².